The summed E-state index contributed by atoms with van der Waals surface area (Å²) in [5.41, 5.74) is 2.34. The number of carbonyl (C=O) groups excluding carboxylic acids is 1. The molecule has 2 aromatic rings. The molecule has 4 rings (SSSR count). The Bertz CT molecular complexity index is 1040. The van der Waals surface area contributed by atoms with Crippen LogP contribution in [0.4, 0.5) is 0 Å². The fraction of sp³-hybridized carbons (Fsp3) is 0.435. The molecule has 2 aromatic carbocycles. The lowest BCUT2D eigenvalue weighted by Crippen LogP contribution is -2.56. The van der Waals surface area contributed by atoms with E-state index in [1.807, 2.05) is 0 Å². The molecular formula is C23H27NO8S. The summed E-state index contributed by atoms with van der Waals surface area (Å²) >= 11 is 0. The second-order valence-electron chi connectivity index (χ2n) is 8.02. The predicted octanol–water partition coefficient (Wildman–Crippen LogP) is 3.08. The molecule has 1 atom stereocenters. The van der Waals surface area contributed by atoms with E-state index in [1.54, 1.807) is 12.1 Å². The minimum absolute atomic E-state index is 0.00604. The first-order valence-electron chi connectivity index (χ1n) is 10.9. The molecule has 178 valence electrons. The number of ether oxygens (including phenoxy) is 3. The molecule has 0 aliphatic carbocycles. The van der Waals surface area contributed by atoms with E-state index in [9.17, 15) is 18.3 Å². The van der Waals surface area contributed by atoms with Gasteiger partial charge in [-0.25, -0.2) is 18.7 Å². The van der Waals surface area contributed by atoms with Gasteiger partial charge in [0.05, 0.1) is 4.90 Å². The Morgan fingerprint density at radius 3 is 2.21 bits per heavy atom. The molecule has 1 amide bonds. The van der Waals surface area contributed by atoms with E-state index in [0.29, 0.717) is 24.5 Å². The summed E-state index contributed by atoms with van der Waals surface area (Å²) < 4.78 is 42.0. The molecule has 33 heavy (non-hydrogen) atoms. The number of amides is 1. The molecule has 0 spiro atoms. The number of aromatic hydroxyl groups is 1. The zero-order valence-electron chi connectivity index (χ0n) is 18.1. The van der Waals surface area contributed by atoms with Gasteiger partial charge < -0.3 is 19.3 Å². The van der Waals surface area contributed by atoms with Crippen LogP contribution in [0.2, 0.25) is 0 Å². The molecule has 2 aliphatic heterocycles. The lowest BCUT2D eigenvalue weighted by Gasteiger charge is -2.35. The number of hydrogen-bond acceptors (Lipinski definition) is 8. The number of rotatable bonds is 7. The number of benzene rings is 2. The summed E-state index contributed by atoms with van der Waals surface area (Å²) in [6.07, 6.45) is 1.92. The Labute approximate surface area is 192 Å². The zero-order valence-corrected chi connectivity index (χ0v) is 18.9. The van der Waals surface area contributed by atoms with Crippen LogP contribution in [0.1, 0.15) is 32.1 Å². The first-order chi connectivity index (χ1) is 15.9. The van der Waals surface area contributed by atoms with Crippen molar-refractivity contribution in [2.45, 2.75) is 48.0 Å². The Balaban J connectivity index is 1.52. The van der Waals surface area contributed by atoms with Gasteiger partial charge in [-0.2, -0.15) is 0 Å². The molecule has 1 unspecified atom stereocenters. The molecule has 2 N–H and O–H groups in total. The maximum absolute atomic E-state index is 13.6. The van der Waals surface area contributed by atoms with Gasteiger partial charge in [0.25, 0.3) is 5.91 Å². The van der Waals surface area contributed by atoms with Gasteiger partial charge >= 0.3 is 0 Å². The molecule has 0 radical (unpaired) electrons. The van der Waals surface area contributed by atoms with Gasteiger partial charge in [0.1, 0.15) is 17.2 Å². The number of hydrogen-bond donors (Lipinski definition) is 2. The molecule has 2 aliphatic rings. The van der Waals surface area contributed by atoms with E-state index in [1.165, 1.54) is 36.4 Å². The standard InChI is InChI=1S/C23H27NO8S/c25-17-4-6-18(7-5-17)31-19-8-10-20(11-9-19)33(27,28)23(12-15-29-16-13-23)22(26)24-32-21-3-1-2-14-30-21/h4-11,21,25H,1-3,12-16H2,(H,24,26). The molecule has 2 fully saturated rings. The Kier molecular flexibility index (Phi) is 7.18. The third-order valence-electron chi connectivity index (χ3n) is 5.86. The van der Waals surface area contributed by atoms with Crippen LogP contribution in [-0.2, 0) is 28.9 Å². The van der Waals surface area contributed by atoms with Gasteiger partial charge in [-0.15, -0.1) is 0 Å². The van der Waals surface area contributed by atoms with Gasteiger partial charge in [-0.05, 0) is 74.2 Å². The highest BCUT2D eigenvalue weighted by molar-refractivity contribution is 7.93. The lowest BCUT2D eigenvalue weighted by molar-refractivity contribution is -0.202. The molecule has 2 saturated heterocycles. The highest BCUT2D eigenvalue weighted by atomic mass is 32.2. The van der Waals surface area contributed by atoms with Crippen LogP contribution in [0.15, 0.2) is 53.4 Å². The summed E-state index contributed by atoms with van der Waals surface area (Å²) in [7, 11) is -4.07. The van der Waals surface area contributed by atoms with Crippen LogP contribution in [0.5, 0.6) is 17.2 Å². The van der Waals surface area contributed by atoms with Crippen molar-refractivity contribution in [2.75, 3.05) is 19.8 Å². The number of hydroxylamine groups is 1. The van der Waals surface area contributed by atoms with Gasteiger partial charge in [0, 0.05) is 26.2 Å². The molecule has 0 saturated carbocycles. The molecule has 2 heterocycles. The second-order valence-corrected chi connectivity index (χ2v) is 10.3. The first kappa shape index (κ1) is 23.5. The number of phenols is 1. The van der Waals surface area contributed by atoms with Crippen molar-refractivity contribution in [3.05, 3.63) is 48.5 Å². The molecule has 0 bridgehead atoms. The molecular weight excluding hydrogens is 450 g/mol. The van der Waals surface area contributed by atoms with Crippen molar-refractivity contribution in [3.63, 3.8) is 0 Å². The smallest absolute Gasteiger partial charge is 0.265 e. The Hall–Kier alpha value is -2.66. The monoisotopic (exact) mass is 477 g/mol. The SMILES string of the molecule is O=C(NOC1CCCCO1)C1(S(=O)(=O)c2ccc(Oc3ccc(O)cc3)cc2)CCOCC1. The summed E-state index contributed by atoms with van der Waals surface area (Å²) in [5, 5.41) is 9.37. The van der Waals surface area contributed by atoms with E-state index in [0.717, 1.165) is 12.8 Å². The fourth-order valence-electron chi connectivity index (χ4n) is 3.90. The van der Waals surface area contributed by atoms with E-state index >= 15 is 0 Å². The van der Waals surface area contributed by atoms with Crippen molar-refractivity contribution in [1.29, 1.82) is 0 Å². The van der Waals surface area contributed by atoms with Gasteiger partial charge in [0.15, 0.2) is 20.9 Å². The third-order valence-corrected chi connectivity index (χ3v) is 8.37. The maximum atomic E-state index is 13.6. The first-order valence-corrected chi connectivity index (χ1v) is 12.4. The van der Waals surface area contributed by atoms with E-state index in [2.05, 4.69) is 5.48 Å². The van der Waals surface area contributed by atoms with Crippen LogP contribution >= 0.6 is 0 Å². The minimum Gasteiger partial charge on any atom is -0.508 e. The third kappa shape index (κ3) is 5.14. The van der Waals surface area contributed by atoms with Crippen LogP contribution in [0, 0.1) is 0 Å². The van der Waals surface area contributed by atoms with Crippen molar-refractivity contribution in [3.8, 4) is 17.2 Å². The molecule has 10 heteroatoms. The summed E-state index contributed by atoms with van der Waals surface area (Å²) in [6, 6.07) is 12.0. The Morgan fingerprint density at radius 2 is 1.61 bits per heavy atom. The summed E-state index contributed by atoms with van der Waals surface area (Å²) in [4.78, 5) is 18.5. The van der Waals surface area contributed by atoms with Crippen LogP contribution in [0.25, 0.3) is 0 Å². The average Bonchev–Trinajstić information content (AvgIpc) is 2.85. The zero-order chi connectivity index (χ0) is 23.3. The predicted molar refractivity (Wildman–Crippen MR) is 117 cm³/mol. The van der Waals surface area contributed by atoms with Crippen LogP contribution < -0.4 is 10.2 Å². The van der Waals surface area contributed by atoms with Crippen molar-refractivity contribution < 1.29 is 37.4 Å². The number of sulfone groups is 1. The number of nitrogens with one attached hydrogen (secondary N) is 1. The highest BCUT2D eigenvalue weighted by Gasteiger charge is 2.52. The number of carbonyl (C=O) groups is 1. The topological polar surface area (TPSA) is 120 Å². The number of phenolic OH excluding ortho intramolecular Hbond substituents is 1. The van der Waals surface area contributed by atoms with Crippen molar-refractivity contribution >= 4 is 15.7 Å². The second kappa shape index (κ2) is 10.1. The van der Waals surface area contributed by atoms with Crippen molar-refractivity contribution in [2.24, 2.45) is 0 Å². The normalized spacial score (nSPS) is 20.7. The quantitative estimate of drug-likeness (QED) is 0.584. The van der Waals surface area contributed by atoms with Crippen molar-refractivity contribution in [1.82, 2.24) is 5.48 Å². The summed E-state index contributed by atoms with van der Waals surface area (Å²) in [5.74, 6) is 0.306. The fourth-order valence-corrected chi connectivity index (χ4v) is 5.83. The maximum Gasteiger partial charge on any atom is 0.265 e. The van der Waals surface area contributed by atoms with Crippen LogP contribution in [-0.4, -0.2) is 50.3 Å². The molecule has 9 nitrogen and oxygen atoms in total. The average molecular weight is 478 g/mol. The van der Waals surface area contributed by atoms with E-state index < -0.39 is 26.8 Å². The minimum atomic E-state index is -4.07. The summed E-state index contributed by atoms with van der Waals surface area (Å²) in [6.45, 7) is 0.833. The van der Waals surface area contributed by atoms with Gasteiger partial charge in [-0.3, -0.25) is 4.79 Å². The highest BCUT2D eigenvalue weighted by Crippen LogP contribution is 2.36. The largest absolute Gasteiger partial charge is 0.508 e. The van der Waals surface area contributed by atoms with E-state index in [4.69, 9.17) is 19.0 Å². The van der Waals surface area contributed by atoms with E-state index in [-0.39, 0.29) is 36.7 Å². The van der Waals surface area contributed by atoms with Gasteiger partial charge in [-0.1, -0.05) is 0 Å². The van der Waals surface area contributed by atoms with Gasteiger partial charge in [0.2, 0.25) is 0 Å². The Morgan fingerprint density at radius 1 is 0.970 bits per heavy atom. The molecule has 0 aromatic heterocycles. The lowest BCUT2D eigenvalue weighted by atomic mass is 9.98. The van der Waals surface area contributed by atoms with Crippen LogP contribution in [0.3, 0.4) is 0 Å².